The Hall–Kier alpha value is -3.66. The van der Waals surface area contributed by atoms with Crippen LogP contribution in [0.5, 0.6) is 0 Å². The number of hydrogen-bond acceptors (Lipinski definition) is 12. The Morgan fingerprint density at radius 3 is 2.59 bits per heavy atom. The molecule has 0 saturated carbocycles. The average Bonchev–Trinajstić information content (AvgIpc) is 3.31. The number of fused-ring (bicyclic) bond motifs is 1. The van der Waals surface area contributed by atoms with Gasteiger partial charge in [0.1, 0.15) is 29.4 Å². The Morgan fingerprint density at radius 1 is 1.30 bits per heavy atom. The molecule has 16 heteroatoms. The van der Waals surface area contributed by atoms with Crippen LogP contribution in [-0.2, 0) is 23.9 Å². The van der Waals surface area contributed by atoms with Crippen molar-refractivity contribution >= 4 is 70.1 Å². The Balaban J connectivity index is 0.00000380. The molecular formula is C21H20ClN5O8S2. The van der Waals surface area contributed by atoms with Gasteiger partial charge in [-0.2, -0.15) is 0 Å². The molecule has 1 saturated heterocycles. The first kappa shape index (κ1) is 27.9. The van der Waals surface area contributed by atoms with Gasteiger partial charge in [-0.3, -0.25) is 14.5 Å². The summed E-state index contributed by atoms with van der Waals surface area (Å²) < 4.78 is 5.12. The second-order valence-electron chi connectivity index (χ2n) is 7.56. The van der Waals surface area contributed by atoms with Crippen LogP contribution in [0.3, 0.4) is 0 Å². The third kappa shape index (κ3) is 5.53. The maximum Gasteiger partial charge on any atom is 0.352 e. The van der Waals surface area contributed by atoms with E-state index in [0.29, 0.717) is 5.56 Å². The number of rotatable bonds is 8. The lowest BCUT2D eigenvalue weighted by Crippen LogP contribution is -2.71. The Kier molecular flexibility index (Phi) is 8.75. The van der Waals surface area contributed by atoms with Crippen LogP contribution in [0.25, 0.3) is 0 Å². The SMILES string of the molecule is Cl.Nc1nc(/C(=N/O)C(=O)NC2C(=O)N3C(C(=O)O)=C(COC(=O)C(O)c4ccccc4)CS[C@H]23)cs1. The van der Waals surface area contributed by atoms with E-state index < -0.39 is 53.6 Å². The van der Waals surface area contributed by atoms with Gasteiger partial charge in [-0.15, -0.1) is 35.5 Å². The number of benzene rings is 1. The summed E-state index contributed by atoms with van der Waals surface area (Å²) in [6, 6.07) is 6.99. The highest BCUT2D eigenvalue weighted by Gasteiger charge is 2.54. The van der Waals surface area contributed by atoms with Crippen LogP contribution in [0.15, 0.2) is 52.1 Å². The number of aliphatic hydroxyl groups is 1. The second kappa shape index (κ2) is 11.6. The molecule has 2 aromatic rings. The quantitative estimate of drug-likeness (QED) is 0.0963. The predicted molar refractivity (Wildman–Crippen MR) is 134 cm³/mol. The molecule has 1 aromatic heterocycles. The topological polar surface area (TPSA) is 205 Å². The van der Waals surface area contributed by atoms with E-state index in [1.54, 1.807) is 30.3 Å². The number of ether oxygens (including phenoxy) is 1. The second-order valence-corrected chi connectivity index (χ2v) is 9.55. The number of aromatic nitrogens is 1. The van der Waals surface area contributed by atoms with Gasteiger partial charge in [-0.25, -0.2) is 14.6 Å². The first-order valence-corrected chi connectivity index (χ1v) is 12.2. The monoisotopic (exact) mass is 569 g/mol. The van der Waals surface area contributed by atoms with E-state index in [1.165, 1.54) is 5.38 Å². The summed E-state index contributed by atoms with van der Waals surface area (Å²) in [5.41, 5.74) is 5.22. The van der Waals surface area contributed by atoms with Gasteiger partial charge >= 0.3 is 11.9 Å². The standard InChI is InChI=1S/C21H19N5O8S2.ClH/c22-21-23-11(8-36-21)12(25-33)16(28)24-13-17(29)26-14(19(30)31)10(7-35-18(13)26)6-34-20(32)15(27)9-4-2-1-3-5-9;/h1-5,8,13,15,18,27,33H,6-7H2,(H2,22,23)(H,24,28)(H,30,31);1H/b25-12-;/t13?,15?,18-;/m1./s1. The molecule has 37 heavy (non-hydrogen) atoms. The summed E-state index contributed by atoms with van der Waals surface area (Å²) >= 11 is 2.18. The van der Waals surface area contributed by atoms with Crippen LogP contribution < -0.4 is 11.1 Å². The van der Waals surface area contributed by atoms with Crippen LogP contribution in [0.1, 0.15) is 17.4 Å². The zero-order valence-electron chi connectivity index (χ0n) is 18.6. The Bertz CT molecular complexity index is 1280. The lowest BCUT2D eigenvalue weighted by molar-refractivity contribution is -0.153. The first-order chi connectivity index (χ1) is 17.2. The molecular weight excluding hydrogens is 550 g/mol. The largest absolute Gasteiger partial charge is 0.477 e. The number of hydrogen-bond donors (Lipinski definition) is 5. The molecule has 0 radical (unpaired) electrons. The smallest absolute Gasteiger partial charge is 0.352 e. The van der Waals surface area contributed by atoms with Crippen molar-refractivity contribution in [2.45, 2.75) is 17.5 Å². The maximum atomic E-state index is 12.8. The van der Waals surface area contributed by atoms with Gasteiger partial charge in [0, 0.05) is 16.7 Å². The van der Waals surface area contributed by atoms with Crippen molar-refractivity contribution in [3.63, 3.8) is 0 Å². The van der Waals surface area contributed by atoms with Crippen LogP contribution in [0.4, 0.5) is 5.13 Å². The van der Waals surface area contributed by atoms with Crippen LogP contribution >= 0.6 is 35.5 Å². The van der Waals surface area contributed by atoms with Gasteiger partial charge in [-0.05, 0) is 5.56 Å². The van der Waals surface area contributed by atoms with Crippen molar-refractivity contribution in [1.29, 1.82) is 0 Å². The van der Waals surface area contributed by atoms with Crippen molar-refractivity contribution in [2.75, 3.05) is 18.1 Å². The summed E-state index contributed by atoms with van der Waals surface area (Å²) in [7, 11) is 0. The Labute approximate surface area is 223 Å². The number of oxime groups is 1. The normalized spacial score (nSPS) is 19.8. The van der Waals surface area contributed by atoms with Gasteiger partial charge in [0.05, 0.1) is 0 Å². The lowest BCUT2D eigenvalue weighted by Gasteiger charge is -2.49. The molecule has 1 aromatic carbocycles. The van der Waals surface area contributed by atoms with E-state index in [2.05, 4.69) is 15.5 Å². The average molecular weight is 570 g/mol. The highest BCUT2D eigenvalue weighted by molar-refractivity contribution is 8.00. The van der Waals surface area contributed by atoms with Gasteiger partial charge < -0.3 is 31.2 Å². The third-order valence-corrected chi connectivity index (χ3v) is 7.36. The molecule has 3 heterocycles. The number of aliphatic carboxylic acids is 1. The molecule has 2 amide bonds. The van der Waals surface area contributed by atoms with Gasteiger partial charge in [0.2, 0.25) is 0 Å². The van der Waals surface area contributed by atoms with E-state index in [0.717, 1.165) is 28.0 Å². The molecule has 0 aliphatic carbocycles. The summed E-state index contributed by atoms with van der Waals surface area (Å²) in [5, 5.41) is 35.3. The van der Waals surface area contributed by atoms with Crippen molar-refractivity contribution in [3.8, 4) is 0 Å². The first-order valence-electron chi connectivity index (χ1n) is 10.3. The number of carbonyl (C=O) groups excluding carboxylic acids is 3. The van der Waals surface area contributed by atoms with Crippen molar-refractivity contribution in [3.05, 3.63) is 58.2 Å². The van der Waals surface area contributed by atoms with Crippen molar-refractivity contribution in [2.24, 2.45) is 5.16 Å². The minimum absolute atomic E-state index is 0. The maximum absolute atomic E-state index is 12.8. The zero-order valence-corrected chi connectivity index (χ0v) is 21.1. The summed E-state index contributed by atoms with van der Waals surface area (Å²) in [4.78, 5) is 54.4. The molecule has 0 spiro atoms. The third-order valence-electron chi connectivity index (χ3n) is 5.34. The number of anilines is 1. The molecule has 2 aliphatic rings. The fourth-order valence-electron chi connectivity index (χ4n) is 3.62. The number of nitrogens with one attached hydrogen (secondary N) is 1. The van der Waals surface area contributed by atoms with Gasteiger partial charge in [0.15, 0.2) is 16.9 Å². The zero-order chi connectivity index (χ0) is 26.0. The number of thioether (sulfide) groups is 1. The molecule has 6 N–H and O–H groups in total. The van der Waals surface area contributed by atoms with E-state index in [-0.39, 0.29) is 40.3 Å². The van der Waals surface area contributed by atoms with E-state index >= 15 is 0 Å². The molecule has 4 rings (SSSR count). The van der Waals surface area contributed by atoms with Crippen LogP contribution in [-0.4, -0.2) is 78.5 Å². The van der Waals surface area contributed by atoms with Gasteiger partial charge in [-0.1, -0.05) is 35.5 Å². The number of nitrogens with two attached hydrogens (primary N) is 1. The number of thiazole rings is 1. The summed E-state index contributed by atoms with van der Waals surface area (Å²) in [5.74, 6) is -3.90. The number of halogens is 1. The number of carboxylic acid groups (broad SMARTS) is 1. The number of amides is 2. The molecule has 2 unspecified atom stereocenters. The molecule has 1 fully saturated rings. The number of β-lactam (4-membered cyclic amide) rings is 1. The molecule has 196 valence electrons. The lowest BCUT2D eigenvalue weighted by atomic mass is 10.0. The molecule has 13 nitrogen and oxygen atoms in total. The number of carbonyl (C=O) groups is 4. The number of nitrogen functional groups attached to an aromatic ring is 1. The number of carboxylic acids is 1. The molecule has 3 atom stereocenters. The minimum atomic E-state index is -1.55. The number of nitrogens with zero attached hydrogens (tertiary/aromatic N) is 3. The molecule has 2 aliphatic heterocycles. The minimum Gasteiger partial charge on any atom is -0.477 e. The Morgan fingerprint density at radius 2 is 2.00 bits per heavy atom. The predicted octanol–water partition coefficient (Wildman–Crippen LogP) is 0.341. The molecule has 0 bridgehead atoms. The summed E-state index contributed by atoms with van der Waals surface area (Å²) in [6.07, 6.45) is -1.55. The van der Waals surface area contributed by atoms with Crippen LogP contribution in [0, 0.1) is 0 Å². The van der Waals surface area contributed by atoms with Gasteiger partial charge in [0.25, 0.3) is 11.8 Å². The number of esters is 1. The highest BCUT2D eigenvalue weighted by atomic mass is 35.5. The van der Waals surface area contributed by atoms with Crippen molar-refractivity contribution < 1.29 is 39.3 Å². The highest BCUT2D eigenvalue weighted by Crippen LogP contribution is 2.40. The van der Waals surface area contributed by atoms with E-state index in [4.69, 9.17) is 10.5 Å². The summed E-state index contributed by atoms with van der Waals surface area (Å²) in [6.45, 7) is -0.447. The number of aliphatic hydroxyl groups excluding tert-OH is 1. The van der Waals surface area contributed by atoms with E-state index in [9.17, 15) is 34.6 Å². The van der Waals surface area contributed by atoms with Crippen molar-refractivity contribution in [1.82, 2.24) is 15.2 Å². The van der Waals surface area contributed by atoms with E-state index in [1.807, 2.05) is 0 Å². The van der Waals surface area contributed by atoms with Crippen LogP contribution in [0.2, 0.25) is 0 Å². The fourth-order valence-corrected chi connectivity index (χ4v) is 5.50. The fraction of sp³-hybridized carbons (Fsp3) is 0.238.